The fourth-order valence-corrected chi connectivity index (χ4v) is 1.98. The zero-order valence-electron chi connectivity index (χ0n) is 12.6. The molecule has 1 aromatic carbocycles. The van der Waals surface area contributed by atoms with Crippen LogP contribution in [0.1, 0.15) is 19.4 Å². The number of rotatable bonds is 8. The van der Waals surface area contributed by atoms with Crippen molar-refractivity contribution >= 4 is 5.97 Å². The minimum atomic E-state index is -1.16. The third-order valence-electron chi connectivity index (χ3n) is 3.19. The van der Waals surface area contributed by atoms with E-state index in [1.165, 1.54) is 0 Å². The Balaban J connectivity index is 3.03. The Morgan fingerprint density at radius 2 is 2.05 bits per heavy atom. The van der Waals surface area contributed by atoms with Crippen LogP contribution in [0.4, 0.5) is 0 Å². The van der Waals surface area contributed by atoms with Crippen molar-refractivity contribution in [2.45, 2.75) is 19.4 Å². The van der Waals surface area contributed by atoms with E-state index in [4.69, 9.17) is 4.74 Å². The molecule has 0 fully saturated rings. The number of likely N-dealkylation sites (N-methyl/N-ethyl adjacent to an activating group) is 1. The molecule has 0 saturated heterocycles. The van der Waals surface area contributed by atoms with E-state index in [0.717, 1.165) is 6.54 Å². The van der Waals surface area contributed by atoms with Gasteiger partial charge in [-0.25, -0.2) is 4.79 Å². The van der Waals surface area contributed by atoms with E-state index < -0.39 is 11.5 Å². The Hall–Kier alpha value is -1.59. The van der Waals surface area contributed by atoms with Gasteiger partial charge in [0.2, 0.25) is 0 Å². The normalized spacial score (nSPS) is 14.1. The van der Waals surface area contributed by atoms with Crippen LogP contribution in [0.3, 0.4) is 0 Å². The fourth-order valence-electron chi connectivity index (χ4n) is 1.98. The zero-order chi connectivity index (χ0) is 15.2. The van der Waals surface area contributed by atoms with Crippen LogP contribution in [0.5, 0.6) is 5.75 Å². The smallest absolute Gasteiger partial charge is 0.328 e. The molecular weight excluding hydrogens is 256 g/mol. The van der Waals surface area contributed by atoms with Crippen molar-refractivity contribution in [1.29, 1.82) is 0 Å². The van der Waals surface area contributed by atoms with Crippen molar-refractivity contribution in [3.05, 3.63) is 29.8 Å². The molecule has 0 aliphatic heterocycles. The number of benzene rings is 1. The maximum Gasteiger partial charge on any atom is 0.328 e. The van der Waals surface area contributed by atoms with Crippen molar-refractivity contribution in [1.82, 2.24) is 10.2 Å². The number of ether oxygens (including phenoxy) is 1. The number of hydrogen-bond donors (Lipinski definition) is 2. The zero-order valence-corrected chi connectivity index (χ0v) is 12.6. The van der Waals surface area contributed by atoms with Gasteiger partial charge in [0, 0.05) is 18.7 Å². The molecule has 0 heterocycles. The highest BCUT2D eigenvalue weighted by atomic mass is 16.5. The van der Waals surface area contributed by atoms with Crippen molar-refractivity contribution in [2.24, 2.45) is 0 Å². The third-order valence-corrected chi connectivity index (χ3v) is 3.19. The number of hydrogen-bond acceptors (Lipinski definition) is 4. The lowest BCUT2D eigenvalue weighted by Crippen LogP contribution is -2.48. The first-order valence-electron chi connectivity index (χ1n) is 6.77. The van der Waals surface area contributed by atoms with Gasteiger partial charge < -0.3 is 14.7 Å². The number of carboxylic acid groups (broad SMARTS) is 1. The summed E-state index contributed by atoms with van der Waals surface area (Å²) in [6.07, 6.45) is 0. The molecule has 0 amide bonds. The number of para-hydroxylation sites is 1. The Bertz CT molecular complexity index is 448. The Morgan fingerprint density at radius 3 is 2.60 bits per heavy atom. The van der Waals surface area contributed by atoms with Crippen LogP contribution in [0.25, 0.3) is 0 Å². The topological polar surface area (TPSA) is 61.8 Å². The molecule has 2 N–H and O–H groups in total. The summed E-state index contributed by atoms with van der Waals surface area (Å²) in [4.78, 5) is 13.7. The van der Waals surface area contributed by atoms with Crippen LogP contribution in [0.15, 0.2) is 24.3 Å². The SMILES string of the molecule is CCOc1ccccc1C(C)(NCCN(C)C)C(=O)O. The van der Waals surface area contributed by atoms with Crippen molar-refractivity contribution in [3.63, 3.8) is 0 Å². The molecule has 0 saturated carbocycles. The minimum absolute atomic E-state index is 0.504. The predicted molar refractivity (Wildman–Crippen MR) is 79.2 cm³/mol. The average Bonchev–Trinajstić information content (AvgIpc) is 2.38. The molecule has 1 unspecified atom stereocenters. The average molecular weight is 280 g/mol. The maximum absolute atomic E-state index is 11.7. The third kappa shape index (κ3) is 3.95. The quantitative estimate of drug-likeness (QED) is 0.756. The van der Waals surface area contributed by atoms with E-state index in [1.807, 2.05) is 38.1 Å². The Morgan fingerprint density at radius 1 is 1.40 bits per heavy atom. The van der Waals surface area contributed by atoms with Crippen LogP contribution in [0, 0.1) is 0 Å². The highest BCUT2D eigenvalue weighted by molar-refractivity contribution is 5.81. The monoisotopic (exact) mass is 280 g/mol. The van der Waals surface area contributed by atoms with Crippen LogP contribution in [-0.4, -0.2) is 49.8 Å². The first kappa shape index (κ1) is 16.5. The lowest BCUT2D eigenvalue weighted by Gasteiger charge is -2.29. The summed E-state index contributed by atoms with van der Waals surface area (Å²) in [6, 6.07) is 7.26. The first-order chi connectivity index (χ1) is 9.41. The Labute approximate surface area is 120 Å². The summed E-state index contributed by atoms with van der Waals surface area (Å²) in [5, 5.41) is 12.7. The molecule has 0 aromatic heterocycles. The summed E-state index contributed by atoms with van der Waals surface area (Å²) in [7, 11) is 3.90. The first-order valence-corrected chi connectivity index (χ1v) is 6.77. The number of carboxylic acids is 1. The Kier molecular flexibility index (Phi) is 5.98. The molecule has 5 heteroatoms. The van der Waals surface area contributed by atoms with E-state index in [9.17, 15) is 9.90 Å². The van der Waals surface area contributed by atoms with Gasteiger partial charge in [0.05, 0.1) is 6.61 Å². The lowest BCUT2D eigenvalue weighted by atomic mass is 9.91. The van der Waals surface area contributed by atoms with Crippen LogP contribution < -0.4 is 10.1 Å². The second kappa shape index (κ2) is 7.26. The van der Waals surface area contributed by atoms with Crippen LogP contribution >= 0.6 is 0 Å². The molecule has 0 spiro atoms. The van der Waals surface area contributed by atoms with Crippen molar-refractivity contribution in [2.75, 3.05) is 33.8 Å². The van der Waals surface area contributed by atoms with Gasteiger partial charge in [0.1, 0.15) is 11.3 Å². The van der Waals surface area contributed by atoms with E-state index >= 15 is 0 Å². The molecule has 20 heavy (non-hydrogen) atoms. The molecule has 1 rings (SSSR count). The molecule has 0 aliphatic rings. The molecule has 112 valence electrons. The van der Waals surface area contributed by atoms with E-state index in [1.54, 1.807) is 19.1 Å². The summed E-state index contributed by atoms with van der Waals surface area (Å²) in [5.74, 6) is -0.305. The second-order valence-electron chi connectivity index (χ2n) is 5.09. The molecule has 0 bridgehead atoms. The summed E-state index contributed by atoms with van der Waals surface area (Å²) in [6.45, 7) is 5.40. The molecule has 5 nitrogen and oxygen atoms in total. The summed E-state index contributed by atoms with van der Waals surface area (Å²) < 4.78 is 5.55. The number of aliphatic carboxylic acids is 1. The second-order valence-corrected chi connectivity index (χ2v) is 5.09. The largest absolute Gasteiger partial charge is 0.494 e. The maximum atomic E-state index is 11.7. The van der Waals surface area contributed by atoms with E-state index in [0.29, 0.717) is 24.5 Å². The summed E-state index contributed by atoms with van der Waals surface area (Å²) >= 11 is 0. The molecular formula is C15H24N2O3. The van der Waals surface area contributed by atoms with Gasteiger partial charge in [0.15, 0.2) is 0 Å². The minimum Gasteiger partial charge on any atom is -0.494 e. The van der Waals surface area contributed by atoms with Gasteiger partial charge in [-0.1, -0.05) is 18.2 Å². The van der Waals surface area contributed by atoms with Gasteiger partial charge in [-0.3, -0.25) is 5.32 Å². The van der Waals surface area contributed by atoms with Crippen molar-refractivity contribution < 1.29 is 14.6 Å². The van der Waals surface area contributed by atoms with Gasteiger partial charge >= 0.3 is 5.97 Å². The molecule has 1 atom stereocenters. The number of carbonyl (C=O) groups is 1. The van der Waals surface area contributed by atoms with Crippen LogP contribution in [-0.2, 0) is 10.3 Å². The number of nitrogens with zero attached hydrogens (tertiary/aromatic N) is 1. The van der Waals surface area contributed by atoms with Crippen molar-refractivity contribution in [3.8, 4) is 5.75 Å². The molecule has 0 radical (unpaired) electrons. The van der Waals surface area contributed by atoms with Gasteiger partial charge in [-0.2, -0.15) is 0 Å². The molecule has 0 aliphatic carbocycles. The highest BCUT2D eigenvalue weighted by Crippen LogP contribution is 2.30. The highest BCUT2D eigenvalue weighted by Gasteiger charge is 2.37. The van der Waals surface area contributed by atoms with E-state index in [2.05, 4.69) is 5.32 Å². The summed E-state index contributed by atoms with van der Waals surface area (Å²) in [5.41, 5.74) is -0.519. The van der Waals surface area contributed by atoms with E-state index in [-0.39, 0.29) is 0 Å². The standard InChI is InChI=1S/C15H24N2O3/c1-5-20-13-9-7-6-8-12(13)15(2,14(18)19)16-10-11-17(3)4/h6-9,16H,5,10-11H2,1-4H3,(H,18,19). The fraction of sp³-hybridized carbons (Fsp3) is 0.533. The number of nitrogens with one attached hydrogen (secondary N) is 1. The van der Waals surface area contributed by atoms with Gasteiger partial charge in [-0.05, 0) is 34.0 Å². The predicted octanol–water partition coefficient (Wildman–Crippen LogP) is 1.54. The van der Waals surface area contributed by atoms with Gasteiger partial charge in [0.25, 0.3) is 0 Å². The lowest BCUT2D eigenvalue weighted by molar-refractivity contribution is -0.144. The van der Waals surface area contributed by atoms with Gasteiger partial charge in [-0.15, -0.1) is 0 Å². The van der Waals surface area contributed by atoms with Crippen LogP contribution in [0.2, 0.25) is 0 Å². The molecule has 1 aromatic rings.